The molecule has 1 aromatic carbocycles. The van der Waals surface area contributed by atoms with Gasteiger partial charge in [0.25, 0.3) is 5.91 Å². The van der Waals surface area contributed by atoms with Gasteiger partial charge < -0.3 is 10.1 Å². The van der Waals surface area contributed by atoms with Crippen molar-refractivity contribution in [3.63, 3.8) is 0 Å². The van der Waals surface area contributed by atoms with E-state index in [1.807, 2.05) is 0 Å². The first kappa shape index (κ1) is 18.9. The minimum atomic E-state index is -5.28. The van der Waals surface area contributed by atoms with Crippen molar-refractivity contribution in [2.45, 2.75) is 18.1 Å². The molecule has 0 aliphatic carbocycles. The van der Waals surface area contributed by atoms with E-state index in [2.05, 4.69) is 4.74 Å². The number of ether oxygens (including phenoxy) is 1. The molecular formula is C12H9Cl3F3NO3. The van der Waals surface area contributed by atoms with Crippen molar-refractivity contribution in [2.75, 3.05) is 6.61 Å². The van der Waals surface area contributed by atoms with Crippen molar-refractivity contribution in [3.05, 3.63) is 33.8 Å². The maximum absolute atomic E-state index is 13.0. The lowest BCUT2D eigenvalue weighted by Crippen LogP contribution is -2.60. The largest absolute Gasteiger partial charge is 0.463 e. The highest BCUT2D eigenvalue weighted by Crippen LogP contribution is 2.36. The third kappa shape index (κ3) is 3.97. The Kier molecular flexibility index (Phi) is 5.95. The molecule has 4 nitrogen and oxygen atoms in total. The fourth-order valence-corrected chi connectivity index (χ4v) is 2.00. The van der Waals surface area contributed by atoms with Crippen LogP contribution in [0.4, 0.5) is 13.2 Å². The van der Waals surface area contributed by atoms with Crippen LogP contribution in [-0.4, -0.2) is 29.7 Å². The highest BCUT2D eigenvalue weighted by molar-refractivity contribution is 6.38. The molecule has 10 heteroatoms. The molecule has 1 N–H and O–H groups in total. The monoisotopic (exact) mass is 377 g/mol. The van der Waals surface area contributed by atoms with Crippen molar-refractivity contribution in [3.8, 4) is 0 Å². The molecule has 1 amide bonds. The number of esters is 1. The molecule has 1 aromatic rings. The summed E-state index contributed by atoms with van der Waals surface area (Å²) in [5, 5.41) is 1.38. The topological polar surface area (TPSA) is 55.4 Å². The molecule has 1 rings (SSSR count). The van der Waals surface area contributed by atoms with Crippen LogP contribution in [0.1, 0.15) is 17.3 Å². The average molecular weight is 379 g/mol. The van der Waals surface area contributed by atoms with Crippen LogP contribution in [-0.2, 0) is 9.53 Å². The number of hydrogen-bond donors (Lipinski definition) is 1. The van der Waals surface area contributed by atoms with Crippen molar-refractivity contribution in [1.82, 2.24) is 5.32 Å². The number of carbonyl (C=O) groups is 2. The molecule has 0 radical (unpaired) electrons. The second-order valence-electron chi connectivity index (χ2n) is 3.95. The lowest BCUT2D eigenvalue weighted by atomic mass is 10.2. The maximum Gasteiger partial charge on any atom is 0.437 e. The van der Waals surface area contributed by atoms with E-state index in [0.717, 1.165) is 12.1 Å². The van der Waals surface area contributed by atoms with Gasteiger partial charge in [-0.15, -0.1) is 0 Å². The van der Waals surface area contributed by atoms with Crippen LogP contribution in [0.5, 0.6) is 0 Å². The molecular weight excluding hydrogens is 369 g/mol. The van der Waals surface area contributed by atoms with Crippen LogP contribution < -0.4 is 5.32 Å². The van der Waals surface area contributed by atoms with Gasteiger partial charge in [-0.25, -0.2) is 4.79 Å². The van der Waals surface area contributed by atoms with E-state index >= 15 is 0 Å². The number of alkyl halides is 4. The van der Waals surface area contributed by atoms with Gasteiger partial charge in [0.05, 0.1) is 17.2 Å². The third-order valence-electron chi connectivity index (χ3n) is 2.41. The van der Waals surface area contributed by atoms with Gasteiger partial charge in [-0.05, 0) is 25.1 Å². The summed E-state index contributed by atoms with van der Waals surface area (Å²) in [6.07, 6.45) is -5.28. The fourth-order valence-electron chi connectivity index (χ4n) is 1.37. The molecule has 0 aromatic heterocycles. The second-order valence-corrected chi connectivity index (χ2v) is 5.37. The number of hydrogen-bond acceptors (Lipinski definition) is 3. The molecule has 0 bridgehead atoms. The summed E-state index contributed by atoms with van der Waals surface area (Å²) in [5.74, 6) is -3.15. The van der Waals surface area contributed by atoms with Crippen LogP contribution in [0, 0.1) is 0 Å². The fraction of sp³-hybridized carbons (Fsp3) is 0.333. The Balaban J connectivity index is 3.14. The van der Waals surface area contributed by atoms with Crippen LogP contribution in [0.3, 0.4) is 0 Å². The van der Waals surface area contributed by atoms with Crippen molar-refractivity contribution in [1.29, 1.82) is 0 Å². The Morgan fingerprint density at radius 3 is 2.32 bits per heavy atom. The Bertz CT molecular complexity index is 595. The van der Waals surface area contributed by atoms with Gasteiger partial charge >= 0.3 is 17.1 Å². The van der Waals surface area contributed by atoms with Gasteiger partial charge in [0.1, 0.15) is 0 Å². The molecule has 22 heavy (non-hydrogen) atoms. The van der Waals surface area contributed by atoms with E-state index in [0.29, 0.717) is 0 Å². The zero-order valence-electron chi connectivity index (χ0n) is 10.9. The van der Waals surface area contributed by atoms with E-state index in [1.54, 1.807) is 0 Å². The molecule has 0 aliphatic rings. The lowest BCUT2D eigenvalue weighted by molar-refractivity contribution is -0.192. The predicted molar refractivity (Wildman–Crippen MR) is 75.2 cm³/mol. The summed E-state index contributed by atoms with van der Waals surface area (Å²) in [4.78, 5) is 19.7. The Hall–Kier alpha value is -1.18. The van der Waals surface area contributed by atoms with Crippen LogP contribution in [0.15, 0.2) is 18.2 Å². The first-order chi connectivity index (χ1) is 10.0. The van der Waals surface area contributed by atoms with E-state index < -0.39 is 23.1 Å². The summed E-state index contributed by atoms with van der Waals surface area (Å²) < 4.78 is 43.3. The van der Waals surface area contributed by atoms with Gasteiger partial charge in [-0.2, -0.15) is 13.2 Å². The zero-order valence-corrected chi connectivity index (χ0v) is 13.2. The smallest absolute Gasteiger partial charge is 0.437 e. The number of rotatable bonds is 4. The summed E-state index contributed by atoms with van der Waals surface area (Å²) in [6, 6.07) is 3.50. The van der Waals surface area contributed by atoms with E-state index in [4.69, 9.17) is 34.8 Å². The minimum Gasteiger partial charge on any atom is -0.463 e. The quantitative estimate of drug-likeness (QED) is 0.493. The van der Waals surface area contributed by atoms with Gasteiger partial charge in [0.15, 0.2) is 0 Å². The zero-order chi connectivity index (χ0) is 17.1. The Morgan fingerprint density at radius 2 is 1.86 bits per heavy atom. The number of nitrogens with one attached hydrogen (secondary N) is 1. The number of halogens is 6. The molecule has 0 heterocycles. The standard InChI is InChI=1S/C12H9Cl3F3NO3/c1-2-22-10(21)11(15,12(16,17)18)19-9(20)7-4-3-6(13)5-8(7)14/h3-5H,2H2,1H3,(H,19,20)/t11-/m0/s1. The normalized spacial score (nSPS) is 14.1. The first-order valence-electron chi connectivity index (χ1n) is 5.73. The van der Waals surface area contributed by atoms with Gasteiger partial charge in [0.2, 0.25) is 0 Å². The predicted octanol–water partition coefficient (Wildman–Crippen LogP) is 3.78. The van der Waals surface area contributed by atoms with E-state index in [9.17, 15) is 22.8 Å². The number of benzene rings is 1. The van der Waals surface area contributed by atoms with Crippen molar-refractivity contribution in [2.24, 2.45) is 0 Å². The van der Waals surface area contributed by atoms with Crippen LogP contribution >= 0.6 is 34.8 Å². The first-order valence-corrected chi connectivity index (χ1v) is 6.86. The van der Waals surface area contributed by atoms with Crippen molar-refractivity contribution >= 4 is 46.7 Å². The van der Waals surface area contributed by atoms with E-state index in [1.165, 1.54) is 18.3 Å². The maximum atomic E-state index is 13.0. The second kappa shape index (κ2) is 6.93. The molecule has 1 atom stereocenters. The SMILES string of the molecule is CCOC(=O)[C@](Cl)(NC(=O)c1ccc(Cl)cc1Cl)C(F)(F)F. The highest BCUT2D eigenvalue weighted by Gasteiger charge is 2.62. The number of carbonyl (C=O) groups excluding carboxylic acids is 2. The minimum absolute atomic E-state index is 0.180. The van der Waals surface area contributed by atoms with Gasteiger partial charge in [-0.3, -0.25) is 4.79 Å². The number of amides is 1. The van der Waals surface area contributed by atoms with Crippen LogP contribution in [0.2, 0.25) is 10.0 Å². The van der Waals surface area contributed by atoms with Crippen LogP contribution in [0.25, 0.3) is 0 Å². The average Bonchev–Trinajstić information content (AvgIpc) is 2.37. The summed E-state index contributed by atoms with van der Waals surface area (Å²) in [5.41, 5.74) is -0.329. The molecule has 0 unspecified atom stereocenters. The highest BCUT2D eigenvalue weighted by atomic mass is 35.5. The Morgan fingerprint density at radius 1 is 1.27 bits per heavy atom. The Labute approximate surface area is 138 Å². The lowest BCUT2D eigenvalue weighted by Gasteiger charge is -2.28. The molecule has 0 saturated heterocycles. The summed E-state index contributed by atoms with van der Waals surface area (Å²) >= 11 is 16.6. The van der Waals surface area contributed by atoms with E-state index in [-0.39, 0.29) is 22.2 Å². The van der Waals surface area contributed by atoms with Crippen molar-refractivity contribution < 1.29 is 27.5 Å². The molecule has 0 aliphatic heterocycles. The van der Waals surface area contributed by atoms with Gasteiger partial charge in [0, 0.05) is 5.02 Å². The molecule has 0 fully saturated rings. The summed E-state index contributed by atoms with van der Waals surface area (Å²) in [6.45, 7) is 0.949. The molecule has 122 valence electrons. The third-order valence-corrected chi connectivity index (χ3v) is 3.42. The summed E-state index contributed by atoms with van der Waals surface area (Å²) in [7, 11) is 0. The van der Waals surface area contributed by atoms with Gasteiger partial charge in [-0.1, -0.05) is 34.8 Å². The molecule has 0 spiro atoms. The molecule has 0 saturated carbocycles.